The van der Waals surface area contributed by atoms with E-state index in [2.05, 4.69) is 20.7 Å². The van der Waals surface area contributed by atoms with E-state index in [4.69, 9.17) is 0 Å². The Morgan fingerprint density at radius 1 is 1.35 bits per heavy atom. The Morgan fingerprint density at radius 3 is 2.65 bits per heavy atom. The summed E-state index contributed by atoms with van der Waals surface area (Å²) in [4.78, 5) is 1.03. The van der Waals surface area contributed by atoms with Gasteiger partial charge in [-0.05, 0) is 40.2 Å². The summed E-state index contributed by atoms with van der Waals surface area (Å²) in [7, 11) is -3.14. The SMILES string of the molecule is O=S(=O)(NCc1sccc1Br)C1CCCCC1. The molecule has 1 saturated carbocycles. The van der Waals surface area contributed by atoms with Gasteiger partial charge >= 0.3 is 0 Å². The Labute approximate surface area is 115 Å². The Kier molecular flexibility index (Phi) is 4.63. The van der Waals surface area contributed by atoms with Gasteiger partial charge in [0.1, 0.15) is 0 Å². The van der Waals surface area contributed by atoms with Crippen molar-refractivity contribution < 1.29 is 8.42 Å². The van der Waals surface area contributed by atoms with Crippen molar-refractivity contribution in [2.24, 2.45) is 0 Å². The molecule has 6 heteroatoms. The van der Waals surface area contributed by atoms with Gasteiger partial charge in [-0.3, -0.25) is 0 Å². The third kappa shape index (κ3) is 3.53. The Morgan fingerprint density at radius 2 is 2.06 bits per heavy atom. The average Bonchev–Trinajstić information content (AvgIpc) is 2.74. The van der Waals surface area contributed by atoms with Crippen LogP contribution in [0.5, 0.6) is 0 Å². The maximum absolute atomic E-state index is 12.1. The molecule has 0 bridgehead atoms. The van der Waals surface area contributed by atoms with Crippen LogP contribution in [0.3, 0.4) is 0 Å². The van der Waals surface area contributed by atoms with Gasteiger partial charge in [-0.2, -0.15) is 0 Å². The van der Waals surface area contributed by atoms with Crippen molar-refractivity contribution in [2.75, 3.05) is 0 Å². The van der Waals surface area contributed by atoms with Gasteiger partial charge in [0, 0.05) is 15.9 Å². The predicted molar refractivity (Wildman–Crippen MR) is 74.7 cm³/mol. The van der Waals surface area contributed by atoms with Gasteiger partial charge in [-0.1, -0.05) is 19.3 Å². The van der Waals surface area contributed by atoms with E-state index < -0.39 is 10.0 Å². The molecule has 1 aliphatic rings. The van der Waals surface area contributed by atoms with Crippen LogP contribution in [0, 0.1) is 0 Å². The van der Waals surface area contributed by atoms with E-state index in [9.17, 15) is 8.42 Å². The van der Waals surface area contributed by atoms with Gasteiger partial charge in [0.2, 0.25) is 10.0 Å². The number of halogens is 1. The fourth-order valence-electron chi connectivity index (χ4n) is 2.11. The van der Waals surface area contributed by atoms with Crippen LogP contribution in [0.1, 0.15) is 37.0 Å². The molecule has 1 N–H and O–H groups in total. The maximum Gasteiger partial charge on any atom is 0.214 e. The van der Waals surface area contributed by atoms with Crippen molar-refractivity contribution in [3.05, 3.63) is 20.8 Å². The molecule has 1 fully saturated rings. The lowest BCUT2D eigenvalue weighted by molar-refractivity contribution is 0.477. The molecule has 0 aromatic carbocycles. The molecule has 0 amide bonds. The van der Waals surface area contributed by atoms with Crippen molar-refractivity contribution in [3.63, 3.8) is 0 Å². The van der Waals surface area contributed by atoms with Crippen molar-refractivity contribution in [2.45, 2.75) is 43.9 Å². The molecule has 1 aliphatic carbocycles. The molecule has 96 valence electrons. The maximum atomic E-state index is 12.1. The summed E-state index contributed by atoms with van der Waals surface area (Å²) in [6.45, 7) is 0.400. The molecular formula is C11H16BrNO2S2. The van der Waals surface area contributed by atoms with E-state index in [1.165, 1.54) is 6.42 Å². The average molecular weight is 338 g/mol. The molecule has 0 unspecified atom stereocenters. The number of rotatable bonds is 4. The van der Waals surface area contributed by atoms with Crippen LogP contribution in [0.4, 0.5) is 0 Å². The topological polar surface area (TPSA) is 46.2 Å². The fourth-order valence-corrected chi connectivity index (χ4v) is 5.17. The zero-order valence-corrected chi connectivity index (χ0v) is 12.7. The second-order valence-electron chi connectivity index (χ2n) is 4.32. The van der Waals surface area contributed by atoms with Gasteiger partial charge in [0.25, 0.3) is 0 Å². The first-order valence-electron chi connectivity index (χ1n) is 5.80. The summed E-state index contributed by atoms with van der Waals surface area (Å²) < 4.78 is 27.8. The van der Waals surface area contributed by atoms with E-state index in [1.807, 2.05) is 11.4 Å². The van der Waals surface area contributed by atoms with E-state index in [-0.39, 0.29) is 5.25 Å². The van der Waals surface area contributed by atoms with Crippen LogP contribution in [0.2, 0.25) is 0 Å². The molecule has 2 rings (SSSR count). The summed E-state index contributed by atoms with van der Waals surface area (Å²) in [5.74, 6) is 0. The summed E-state index contributed by atoms with van der Waals surface area (Å²) in [5.41, 5.74) is 0. The van der Waals surface area contributed by atoms with E-state index in [0.29, 0.717) is 6.54 Å². The minimum atomic E-state index is -3.14. The molecule has 1 aromatic heterocycles. The molecule has 3 nitrogen and oxygen atoms in total. The van der Waals surface area contributed by atoms with Crippen molar-refractivity contribution in [1.82, 2.24) is 4.72 Å². The number of thiophene rings is 1. The highest BCUT2D eigenvalue weighted by atomic mass is 79.9. The largest absolute Gasteiger partial charge is 0.214 e. The van der Waals surface area contributed by atoms with Crippen LogP contribution in [-0.2, 0) is 16.6 Å². The Hall–Kier alpha value is 0.0900. The van der Waals surface area contributed by atoms with Crippen LogP contribution in [0.15, 0.2) is 15.9 Å². The first kappa shape index (κ1) is 13.5. The second-order valence-corrected chi connectivity index (χ2v) is 8.22. The fraction of sp³-hybridized carbons (Fsp3) is 0.636. The quantitative estimate of drug-likeness (QED) is 0.916. The summed E-state index contributed by atoms with van der Waals surface area (Å²) >= 11 is 4.97. The molecule has 0 radical (unpaired) electrons. The lowest BCUT2D eigenvalue weighted by Crippen LogP contribution is -2.35. The Bertz CT molecular complexity index is 464. The van der Waals surface area contributed by atoms with Crippen LogP contribution in [0.25, 0.3) is 0 Å². The highest BCUT2D eigenvalue weighted by Gasteiger charge is 2.26. The van der Waals surface area contributed by atoms with E-state index >= 15 is 0 Å². The predicted octanol–water partition coefficient (Wildman–Crippen LogP) is 3.26. The molecule has 0 saturated heterocycles. The van der Waals surface area contributed by atoms with E-state index in [0.717, 1.165) is 35.0 Å². The first-order chi connectivity index (χ1) is 8.09. The smallest absolute Gasteiger partial charge is 0.212 e. The van der Waals surface area contributed by atoms with Crippen LogP contribution in [-0.4, -0.2) is 13.7 Å². The van der Waals surface area contributed by atoms with Crippen LogP contribution < -0.4 is 4.72 Å². The second kappa shape index (κ2) is 5.82. The van der Waals surface area contributed by atoms with Gasteiger partial charge in [-0.25, -0.2) is 13.1 Å². The number of sulfonamides is 1. The number of nitrogens with one attached hydrogen (secondary N) is 1. The summed E-state index contributed by atoms with van der Waals surface area (Å²) in [6, 6.07) is 1.94. The lowest BCUT2D eigenvalue weighted by Gasteiger charge is -2.21. The van der Waals surface area contributed by atoms with Gasteiger partial charge in [0.05, 0.1) is 5.25 Å². The molecular weight excluding hydrogens is 322 g/mol. The zero-order chi connectivity index (χ0) is 12.3. The molecule has 0 aliphatic heterocycles. The standard InChI is InChI=1S/C11H16BrNO2S2/c12-10-6-7-16-11(10)8-13-17(14,15)9-4-2-1-3-5-9/h6-7,9,13H,1-5,8H2. The van der Waals surface area contributed by atoms with Crippen molar-refractivity contribution >= 4 is 37.3 Å². The molecule has 1 aromatic rings. The van der Waals surface area contributed by atoms with Gasteiger partial charge < -0.3 is 0 Å². The number of hydrogen-bond donors (Lipinski definition) is 1. The number of hydrogen-bond acceptors (Lipinski definition) is 3. The van der Waals surface area contributed by atoms with Crippen molar-refractivity contribution in [1.29, 1.82) is 0 Å². The van der Waals surface area contributed by atoms with Crippen molar-refractivity contribution in [3.8, 4) is 0 Å². The molecule has 17 heavy (non-hydrogen) atoms. The molecule has 0 spiro atoms. The molecule has 1 heterocycles. The van der Waals surface area contributed by atoms with Gasteiger partial charge in [-0.15, -0.1) is 11.3 Å². The third-order valence-corrected chi connectivity index (χ3v) is 6.94. The zero-order valence-electron chi connectivity index (χ0n) is 9.49. The van der Waals surface area contributed by atoms with Gasteiger partial charge in [0.15, 0.2) is 0 Å². The van der Waals surface area contributed by atoms with Crippen LogP contribution >= 0.6 is 27.3 Å². The lowest BCUT2D eigenvalue weighted by atomic mass is 10.0. The third-order valence-electron chi connectivity index (χ3n) is 3.12. The summed E-state index contributed by atoms with van der Waals surface area (Å²) in [5, 5.41) is 1.77. The summed E-state index contributed by atoms with van der Waals surface area (Å²) in [6.07, 6.45) is 4.85. The highest BCUT2D eigenvalue weighted by Crippen LogP contribution is 2.25. The van der Waals surface area contributed by atoms with E-state index in [1.54, 1.807) is 11.3 Å². The molecule has 0 atom stereocenters. The first-order valence-corrected chi connectivity index (χ1v) is 9.02. The monoisotopic (exact) mass is 337 g/mol. The Balaban J connectivity index is 1.95. The minimum absolute atomic E-state index is 0.185. The highest BCUT2D eigenvalue weighted by molar-refractivity contribution is 9.10. The normalized spacial score (nSPS) is 18.4. The minimum Gasteiger partial charge on any atom is -0.212 e.